The summed E-state index contributed by atoms with van der Waals surface area (Å²) in [5.41, 5.74) is 0.903. The average Bonchev–Trinajstić information content (AvgIpc) is 2.23. The number of ketones is 1. The Hall–Kier alpha value is -1.90. The van der Waals surface area contributed by atoms with Gasteiger partial charge in [0.25, 0.3) is 0 Å². The van der Waals surface area contributed by atoms with Crippen molar-refractivity contribution < 1.29 is 4.79 Å². The summed E-state index contributed by atoms with van der Waals surface area (Å²) in [7, 11) is 1.83. The van der Waals surface area contributed by atoms with E-state index in [0.29, 0.717) is 5.39 Å². The molecule has 3 nitrogen and oxygen atoms in total. The molecule has 0 N–H and O–H groups in total. The van der Waals surface area contributed by atoms with Crippen LogP contribution in [0.5, 0.6) is 0 Å². The monoisotopic (exact) mass is 201 g/mol. The van der Waals surface area contributed by atoms with Crippen LogP contribution in [0.1, 0.15) is 17.3 Å². The fourth-order valence-corrected chi connectivity index (χ4v) is 1.69. The average molecular weight is 201 g/mol. The Labute approximate surface area is 87.0 Å². The highest BCUT2D eigenvalue weighted by molar-refractivity contribution is 5.97. The quantitative estimate of drug-likeness (QED) is 0.659. The minimum atomic E-state index is -0.193. The van der Waals surface area contributed by atoms with Crippen LogP contribution in [0.25, 0.3) is 10.9 Å². The number of hydrogen-bond acceptors (Lipinski definition) is 2. The molecule has 1 aromatic heterocycles. The lowest BCUT2D eigenvalue weighted by atomic mass is 10.1. The van der Waals surface area contributed by atoms with E-state index in [1.165, 1.54) is 6.92 Å². The Balaban J connectivity index is 2.97. The number of nitrogens with zero attached hydrogens (tertiary/aromatic N) is 1. The second-order valence-corrected chi connectivity index (χ2v) is 3.56. The molecule has 0 saturated carbocycles. The molecule has 2 aromatic rings. The summed E-state index contributed by atoms with van der Waals surface area (Å²) in [6.45, 7) is 1.41. The van der Waals surface area contributed by atoms with Crippen LogP contribution in [0, 0.1) is 0 Å². The molecule has 0 bridgehead atoms. The van der Waals surface area contributed by atoms with E-state index in [9.17, 15) is 9.59 Å². The van der Waals surface area contributed by atoms with Gasteiger partial charge in [0.15, 0.2) is 11.2 Å². The van der Waals surface area contributed by atoms with Crippen LogP contribution in [0.4, 0.5) is 0 Å². The lowest BCUT2D eigenvalue weighted by Crippen LogP contribution is -2.16. The van der Waals surface area contributed by atoms with E-state index in [1.54, 1.807) is 22.9 Å². The summed E-state index contributed by atoms with van der Waals surface area (Å²) in [6, 6.07) is 7.27. The maximum absolute atomic E-state index is 11.9. The maximum atomic E-state index is 11.9. The van der Waals surface area contributed by atoms with Crippen LogP contribution in [-0.2, 0) is 7.05 Å². The van der Waals surface area contributed by atoms with E-state index in [2.05, 4.69) is 0 Å². The van der Waals surface area contributed by atoms with Crippen molar-refractivity contribution in [3.63, 3.8) is 0 Å². The molecule has 0 spiro atoms. The minimum Gasteiger partial charge on any atom is -0.350 e. The molecular weight excluding hydrogens is 190 g/mol. The fraction of sp³-hybridized carbons (Fsp3) is 0.167. The highest BCUT2D eigenvalue weighted by atomic mass is 16.1. The molecule has 0 aliphatic carbocycles. The van der Waals surface area contributed by atoms with Gasteiger partial charge in [-0.2, -0.15) is 0 Å². The van der Waals surface area contributed by atoms with Crippen LogP contribution in [0.3, 0.4) is 0 Å². The number of aromatic nitrogens is 1. The molecule has 1 aromatic carbocycles. The smallest absolute Gasteiger partial charge is 0.200 e. The van der Waals surface area contributed by atoms with Gasteiger partial charge in [0.05, 0.1) is 11.1 Å². The van der Waals surface area contributed by atoms with E-state index in [4.69, 9.17) is 0 Å². The van der Waals surface area contributed by atoms with Gasteiger partial charge in [-0.05, 0) is 19.1 Å². The first-order valence-electron chi connectivity index (χ1n) is 4.70. The summed E-state index contributed by atoms with van der Waals surface area (Å²) >= 11 is 0. The molecule has 0 amide bonds. The number of carbonyl (C=O) groups is 1. The zero-order valence-corrected chi connectivity index (χ0v) is 8.65. The van der Waals surface area contributed by atoms with Gasteiger partial charge in [-0.25, -0.2) is 0 Å². The maximum Gasteiger partial charge on any atom is 0.200 e. The number of benzene rings is 1. The van der Waals surface area contributed by atoms with Crippen molar-refractivity contribution in [1.82, 2.24) is 4.57 Å². The van der Waals surface area contributed by atoms with Gasteiger partial charge in [0, 0.05) is 18.6 Å². The summed E-state index contributed by atoms with van der Waals surface area (Å²) < 4.78 is 1.80. The van der Waals surface area contributed by atoms with Crippen molar-refractivity contribution in [2.24, 2.45) is 7.05 Å². The Bertz CT molecular complexity index is 596. The van der Waals surface area contributed by atoms with E-state index in [1.807, 2.05) is 19.2 Å². The number of hydrogen-bond donors (Lipinski definition) is 0. The molecule has 2 rings (SSSR count). The van der Waals surface area contributed by atoms with Gasteiger partial charge in [-0.15, -0.1) is 0 Å². The largest absolute Gasteiger partial charge is 0.350 e. The van der Waals surface area contributed by atoms with Gasteiger partial charge >= 0.3 is 0 Å². The molecule has 0 aliphatic rings. The van der Waals surface area contributed by atoms with Crippen molar-refractivity contribution in [1.29, 1.82) is 0 Å². The molecule has 0 saturated heterocycles. The molecule has 3 heteroatoms. The minimum absolute atomic E-state index is 0.184. The highest BCUT2D eigenvalue weighted by Crippen LogP contribution is 2.10. The third-order valence-corrected chi connectivity index (χ3v) is 2.48. The fourth-order valence-electron chi connectivity index (χ4n) is 1.69. The Morgan fingerprint density at radius 2 is 1.93 bits per heavy atom. The second kappa shape index (κ2) is 3.35. The van der Waals surface area contributed by atoms with E-state index in [0.717, 1.165) is 5.52 Å². The molecular formula is C12H11NO2. The molecule has 0 unspecified atom stereocenters. The lowest BCUT2D eigenvalue weighted by Gasteiger charge is -2.06. The van der Waals surface area contributed by atoms with Crippen molar-refractivity contribution >= 4 is 16.7 Å². The van der Waals surface area contributed by atoms with Crippen molar-refractivity contribution in [3.05, 3.63) is 46.2 Å². The van der Waals surface area contributed by atoms with Crippen LogP contribution in [0.15, 0.2) is 35.3 Å². The highest BCUT2D eigenvalue weighted by Gasteiger charge is 2.09. The second-order valence-electron chi connectivity index (χ2n) is 3.56. The molecule has 0 aliphatic heterocycles. The zero-order valence-electron chi connectivity index (χ0n) is 8.65. The third-order valence-electron chi connectivity index (χ3n) is 2.48. The van der Waals surface area contributed by atoms with Crippen LogP contribution < -0.4 is 5.43 Å². The summed E-state index contributed by atoms with van der Waals surface area (Å²) in [6.07, 6.45) is 1.59. The normalized spacial score (nSPS) is 10.5. The number of Topliss-reactive ketones (excluding diaryl/α,β-unsaturated/α-hetero) is 1. The molecule has 76 valence electrons. The van der Waals surface area contributed by atoms with Gasteiger partial charge < -0.3 is 4.57 Å². The number of rotatable bonds is 1. The molecule has 15 heavy (non-hydrogen) atoms. The van der Waals surface area contributed by atoms with Gasteiger partial charge in [0.2, 0.25) is 0 Å². The molecule has 0 radical (unpaired) electrons. The number of aryl methyl sites for hydroxylation is 1. The number of pyridine rings is 1. The molecule has 1 heterocycles. The first kappa shape index (κ1) is 9.65. The Kier molecular flexibility index (Phi) is 2.15. The Morgan fingerprint density at radius 3 is 2.60 bits per heavy atom. The van der Waals surface area contributed by atoms with Crippen molar-refractivity contribution in [2.75, 3.05) is 0 Å². The number of fused-ring (bicyclic) bond motifs is 1. The van der Waals surface area contributed by atoms with Crippen LogP contribution in [-0.4, -0.2) is 10.4 Å². The van der Waals surface area contributed by atoms with Gasteiger partial charge in [0.1, 0.15) is 0 Å². The predicted molar refractivity (Wildman–Crippen MR) is 59.2 cm³/mol. The summed E-state index contributed by atoms with van der Waals surface area (Å²) in [5, 5.41) is 0.590. The van der Waals surface area contributed by atoms with E-state index in [-0.39, 0.29) is 16.8 Å². The van der Waals surface area contributed by atoms with Crippen LogP contribution >= 0.6 is 0 Å². The standard InChI is InChI=1S/C12H11NO2/c1-8(14)10-7-13(2)11-6-4-3-5-9(11)12(10)15/h3-7H,1-2H3. The van der Waals surface area contributed by atoms with Crippen molar-refractivity contribution in [3.8, 4) is 0 Å². The predicted octanol–water partition coefficient (Wildman–Crippen LogP) is 1.74. The van der Waals surface area contributed by atoms with Gasteiger partial charge in [-0.1, -0.05) is 12.1 Å². The number of carbonyl (C=O) groups excluding carboxylic acids is 1. The first-order valence-corrected chi connectivity index (χ1v) is 4.70. The van der Waals surface area contributed by atoms with Crippen LogP contribution in [0.2, 0.25) is 0 Å². The van der Waals surface area contributed by atoms with E-state index >= 15 is 0 Å². The summed E-state index contributed by atoms with van der Waals surface area (Å²) in [4.78, 5) is 23.1. The van der Waals surface area contributed by atoms with Crippen molar-refractivity contribution in [2.45, 2.75) is 6.92 Å². The Morgan fingerprint density at radius 1 is 1.27 bits per heavy atom. The van der Waals surface area contributed by atoms with E-state index < -0.39 is 0 Å². The molecule has 0 fully saturated rings. The zero-order chi connectivity index (χ0) is 11.0. The SMILES string of the molecule is CC(=O)c1cn(C)c2ccccc2c1=O. The molecule has 0 atom stereocenters. The topological polar surface area (TPSA) is 39.1 Å². The summed E-state index contributed by atoms with van der Waals surface area (Å²) in [5.74, 6) is -0.193. The number of para-hydroxylation sites is 1. The third kappa shape index (κ3) is 1.46. The lowest BCUT2D eigenvalue weighted by molar-refractivity contribution is 0.101. The van der Waals surface area contributed by atoms with Gasteiger partial charge in [-0.3, -0.25) is 9.59 Å². The first-order chi connectivity index (χ1) is 7.11.